The zero-order chi connectivity index (χ0) is 31.0. The van der Waals surface area contributed by atoms with Crippen molar-refractivity contribution in [3.8, 4) is 6.07 Å². The number of aromatic nitrogens is 2. The normalized spacial score (nSPS) is 25.1. The number of para-hydroxylation sites is 1. The molecule has 1 aromatic heterocycles. The molecule has 11 heteroatoms. The molecule has 2 fully saturated rings. The monoisotopic (exact) mass is 602 g/mol. The number of aryl methyl sites for hydroxylation is 1. The van der Waals surface area contributed by atoms with E-state index in [0.29, 0.717) is 38.5 Å². The zero-order valence-electron chi connectivity index (χ0n) is 26.1. The highest BCUT2D eigenvalue weighted by Crippen LogP contribution is 2.38. The van der Waals surface area contributed by atoms with Crippen LogP contribution >= 0.6 is 0 Å². The van der Waals surface area contributed by atoms with E-state index < -0.39 is 0 Å². The molecular weight excluding hydrogens is 559 g/mol. The topological polar surface area (TPSA) is 92.1 Å². The molecule has 1 amide bonds. The number of hydrogen-bond acceptors (Lipinski definition) is 9. The summed E-state index contributed by atoms with van der Waals surface area (Å²) in [5.74, 6) is 1.27. The minimum absolute atomic E-state index is 0.0297. The molecule has 10 nitrogen and oxygen atoms in total. The lowest BCUT2D eigenvalue weighted by Gasteiger charge is -2.43. The summed E-state index contributed by atoms with van der Waals surface area (Å²) >= 11 is 0. The van der Waals surface area contributed by atoms with Gasteiger partial charge in [-0.3, -0.25) is 4.79 Å². The van der Waals surface area contributed by atoms with E-state index in [4.69, 9.17) is 14.7 Å². The van der Waals surface area contributed by atoms with Crippen molar-refractivity contribution in [3.05, 3.63) is 53.5 Å². The minimum Gasteiger partial charge on any atom is -0.378 e. The number of nitrogens with zero attached hydrogens (tertiary/aromatic N) is 8. The van der Waals surface area contributed by atoms with Gasteiger partial charge in [0.15, 0.2) is 0 Å². The number of methoxy groups -OCH3 is 1. The van der Waals surface area contributed by atoms with Gasteiger partial charge in [-0.05, 0) is 57.5 Å². The van der Waals surface area contributed by atoms with Crippen LogP contribution in [0.2, 0.25) is 0 Å². The number of hydrogen-bond donors (Lipinski definition) is 0. The highest BCUT2D eigenvalue weighted by Gasteiger charge is 2.39. The number of piperazine rings is 1. The first kappa shape index (κ1) is 30.3. The van der Waals surface area contributed by atoms with Gasteiger partial charge in [-0.1, -0.05) is 18.7 Å². The Bertz CT molecular complexity index is 1440. The van der Waals surface area contributed by atoms with Gasteiger partial charge >= 0.3 is 0 Å². The molecule has 1 aliphatic carbocycles. The summed E-state index contributed by atoms with van der Waals surface area (Å²) in [6, 6.07) is 7.80. The molecule has 0 N–H and O–H groups in total. The Labute approximate surface area is 259 Å². The SMILES string of the molecule is C=CC(=O)N1CCN(c2nc(N3C[C@H](OC)[C@@H](N(C)C)C3)nc3c2CC[C@H](N2CCCc4cccc(F)c42)C3)C[C@@H]1CC#N. The van der Waals surface area contributed by atoms with Crippen molar-refractivity contribution in [1.82, 2.24) is 19.8 Å². The number of carbonyl (C=O) groups excluding carboxylic acids is 1. The summed E-state index contributed by atoms with van der Waals surface area (Å²) in [6.07, 6.45) is 5.87. The second-order valence-electron chi connectivity index (χ2n) is 12.6. The first-order chi connectivity index (χ1) is 21.3. The molecule has 2 saturated heterocycles. The smallest absolute Gasteiger partial charge is 0.246 e. The van der Waals surface area contributed by atoms with Crippen molar-refractivity contribution < 1.29 is 13.9 Å². The summed E-state index contributed by atoms with van der Waals surface area (Å²) in [5, 5.41) is 9.58. The fraction of sp³-hybridized carbons (Fsp3) is 0.576. The molecule has 4 atom stereocenters. The average molecular weight is 603 g/mol. The van der Waals surface area contributed by atoms with Gasteiger partial charge in [0.1, 0.15) is 11.6 Å². The van der Waals surface area contributed by atoms with E-state index in [1.807, 2.05) is 6.07 Å². The molecule has 234 valence electrons. The van der Waals surface area contributed by atoms with Crippen LogP contribution in [0.25, 0.3) is 0 Å². The number of rotatable bonds is 7. The van der Waals surface area contributed by atoms with Crippen molar-refractivity contribution in [1.29, 1.82) is 5.26 Å². The fourth-order valence-electron chi connectivity index (χ4n) is 7.62. The maximum absolute atomic E-state index is 15.2. The van der Waals surface area contributed by atoms with E-state index in [2.05, 4.69) is 52.4 Å². The largest absolute Gasteiger partial charge is 0.378 e. The van der Waals surface area contributed by atoms with E-state index in [1.54, 1.807) is 18.1 Å². The average Bonchev–Trinajstić information content (AvgIpc) is 3.49. The molecule has 4 heterocycles. The maximum atomic E-state index is 15.2. The third-order valence-electron chi connectivity index (χ3n) is 9.91. The second-order valence-corrected chi connectivity index (χ2v) is 12.6. The van der Waals surface area contributed by atoms with Crippen LogP contribution in [-0.4, -0.2) is 110 Å². The predicted molar refractivity (Wildman–Crippen MR) is 169 cm³/mol. The van der Waals surface area contributed by atoms with Crippen molar-refractivity contribution in [2.45, 2.75) is 62.8 Å². The Morgan fingerprint density at radius 3 is 2.75 bits per heavy atom. The van der Waals surface area contributed by atoms with Gasteiger partial charge in [-0.15, -0.1) is 0 Å². The van der Waals surface area contributed by atoms with E-state index in [-0.39, 0.29) is 42.4 Å². The Kier molecular flexibility index (Phi) is 8.74. The van der Waals surface area contributed by atoms with Crippen molar-refractivity contribution in [2.24, 2.45) is 0 Å². The van der Waals surface area contributed by atoms with Crippen molar-refractivity contribution in [2.75, 3.05) is 75.2 Å². The number of amides is 1. The molecule has 44 heavy (non-hydrogen) atoms. The maximum Gasteiger partial charge on any atom is 0.246 e. The molecule has 0 radical (unpaired) electrons. The van der Waals surface area contributed by atoms with E-state index in [9.17, 15) is 10.1 Å². The third kappa shape index (κ3) is 5.61. The number of nitriles is 1. The van der Waals surface area contributed by atoms with Gasteiger partial charge in [-0.25, -0.2) is 9.37 Å². The second kappa shape index (κ2) is 12.7. The summed E-state index contributed by atoms with van der Waals surface area (Å²) in [7, 11) is 5.89. The molecular formula is C33H43FN8O2. The highest BCUT2D eigenvalue weighted by molar-refractivity contribution is 5.87. The van der Waals surface area contributed by atoms with E-state index in [1.165, 1.54) is 6.08 Å². The molecule has 6 rings (SSSR count). The summed E-state index contributed by atoms with van der Waals surface area (Å²) < 4.78 is 21.0. The number of fused-ring (bicyclic) bond motifs is 2. The predicted octanol–water partition coefficient (Wildman–Crippen LogP) is 2.81. The molecule has 0 saturated carbocycles. The first-order valence-corrected chi connectivity index (χ1v) is 15.8. The quantitative estimate of drug-likeness (QED) is 0.444. The van der Waals surface area contributed by atoms with Crippen LogP contribution in [0.4, 0.5) is 21.8 Å². The molecule has 0 bridgehead atoms. The Balaban J connectivity index is 1.36. The molecule has 0 spiro atoms. The lowest BCUT2D eigenvalue weighted by atomic mass is 9.88. The van der Waals surface area contributed by atoms with Gasteiger partial charge in [-0.2, -0.15) is 10.2 Å². The zero-order valence-corrected chi connectivity index (χ0v) is 26.1. The van der Waals surface area contributed by atoms with Crippen LogP contribution in [-0.2, 0) is 28.8 Å². The lowest BCUT2D eigenvalue weighted by molar-refractivity contribution is -0.128. The third-order valence-corrected chi connectivity index (χ3v) is 9.91. The van der Waals surface area contributed by atoms with Crippen LogP contribution in [0.3, 0.4) is 0 Å². The van der Waals surface area contributed by atoms with Gasteiger partial charge in [0.05, 0.1) is 42.1 Å². The highest BCUT2D eigenvalue weighted by atomic mass is 19.1. The number of anilines is 3. The van der Waals surface area contributed by atoms with Gasteiger partial charge in [0.2, 0.25) is 11.9 Å². The number of benzene rings is 1. The van der Waals surface area contributed by atoms with Crippen LogP contribution < -0.4 is 14.7 Å². The van der Waals surface area contributed by atoms with Crippen molar-refractivity contribution in [3.63, 3.8) is 0 Å². The molecule has 0 unspecified atom stereocenters. The summed E-state index contributed by atoms with van der Waals surface area (Å²) in [4.78, 5) is 33.7. The Morgan fingerprint density at radius 1 is 1.18 bits per heavy atom. The van der Waals surface area contributed by atoms with E-state index >= 15 is 4.39 Å². The minimum atomic E-state index is -0.250. The number of halogens is 1. The van der Waals surface area contributed by atoms with Crippen LogP contribution in [0.15, 0.2) is 30.9 Å². The van der Waals surface area contributed by atoms with E-state index in [0.717, 1.165) is 67.1 Å². The standard InChI is InChI=1S/C33H43FN8O2/c1-5-30(43)41-17-16-39(19-24(41)13-14-35)32-25-12-11-23(42-15-7-9-22-8-6-10-26(34)31(22)42)18-27(25)36-33(37-32)40-20-28(38(2)3)29(21-40)44-4/h5-6,8,10,23-24,28-29H,1,7,9,11-13,15-21H2,2-4H3/t23-,24-,28-,29-/m0/s1. The van der Waals surface area contributed by atoms with Crippen LogP contribution in [0.1, 0.15) is 36.1 Å². The fourth-order valence-corrected chi connectivity index (χ4v) is 7.62. The number of likely N-dealkylation sites (N-methyl/N-ethyl adjacent to an activating group) is 1. The van der Waals surface area contributed by atoms with Crippen molar-refractivity contribution >= 4 is 23.4 Å². The van der Waals surface area contributed by atoms with Gasteiger partial charge in [0, 0.05) is 64.4 Å². The van der Waals surface area contributed by atoms with Crippen LogP contribution in [0.5, 0.6) is 0 Å². The molecule has 3 aliphatic heterocycles. The summed E-state index contributed by atoms with van der Waals surface area (Å²) in [6.45, 7) is 7.55. The Morgan fingerprint density at radius 2 is 2.02 bits per heavy atom. The summed E-state index contributed by atoms with van der Waals surface area (Å²) in [5.41, 5.74) is 3.97. The Hall–Kier alpha value is -3.75. The molecule has 2 aromatic rings. The number of ether oxygens (including phenoxy) is 1. The van der Waals surface area contributed by atoms with Gasteiger partial charge < -0.3 is 29.2 Å². The van der Waals surface area contributed by atoms with Crippen LogP contribution in [0, 0.1) is 17.1 Å². The first-order valence-electron chi connectivity index (χ1n) is 15.8. The lowest BCUT2D eigenvalue weighted by Crippen LogP contribution is -2.55. The van der Waals surface area contributed by atoms with Gasteiger partial charge in [0.25, 0.3) is 0 Å². The molecule has 1 aromatic carbocycles. The molecule has 4 aliphatic rings. The number of carbonyl (C=O) groups is 1.